The number of thiazole rings is 1. The number of hydrogen-bond acceptors (Lipinski definition) is 4. The molecule has 0 bridgehead atoms. The SMILES string of the molecule is CCCNCc1cnc(N2CCCC2C(C)C)s1. The van der Waals surface area contributed by atoms with Crippen molar-refractivity contribution in [2.75, 3.05) is 18.0 Å². The molecule has 0 amide bonds. The summed E-state index contributed by atoms with van der Waals surface area (Å²) in [5.74, 6) is 0.720. The van der Waals surface area contributed by atoms with E-state index in [-0.39, 0.29) is 0 Å². The molecular weight excluding hydrogens is 242 g/mol. The van der Waals surface area contributed by atoms with Crippen LogP contribution in [-0.4, -0.2) is 24.1 Å². The predicted octanol–water partition coefficient (Wildman–Crippen LogP) is 3.27. The summed E-state index contributed by atoms with van der Waals surface area (Å²) in [6.07, 6.45) is 5.86. The molecule has 1 aliphatic rings. The zero-order chi connectivity index (χ0) is 13.0. The van der Waals surface area contributed by atoms with E-state index in [1.807, 2.05) is 17.5 Å². The third-order valence-electron chi connectivity index (χ3n) is 3.58. The fraction of sp³-hybridized carbons (Fsp3) is 0.786. The van der Waals surface area contributed by atoms with Crippen LogP contribution < -0.4 is 10.2 Å². The van der Waals surface area contributed by atoms with Gasteiger partial charge in [-0.1, -0.05) is 20.8 Å². The Morgan fingerprint density at radius 1 is 1.56 bits per heavy atom. The fourth-order valence-electron chi connectivity index (χ4n) is 2.62. The Morgan fingerprint density at radius 3 is 3.11 bits per heavy atom. The molecule has 4 heteroatoms. The molecule has 1 N–H and O–H groups in total. The second-order valence-corrected chi connectivity index (χ2v) is 6.53. The van der Waals surface area contributed by atoms with Gasteiger partial charge in [0.25, 0.3) is 0 Å². The summed E-state index contributed by atoms with van der Waals surface area (Å²) >= 11 is 1.85. The van der Waals surface area contributed by atoms with Gasteiger partial charge in [-0.2, -0.15) is 0 Å². The molecule has 1 atom stereocenters. The first-order valence-electron chi connectivity index (χ1n) is 7.14. The molecule has 1 unspecified atom stereocenters. The van der Waals surface area contributed by atoms with Gasteiger partial charge in [-0.25, -0.2) is 4.98 Å². The van der Waals surface area contributed by atoms with Crippen LogP contribution in [0.2, 0.25) is 0 Å². The van der Waals surface area contributed by atoms with Crippen molar-refractivity contribution in [1.29, 1.82) is 0 Å². The standard InChI is InChI=1S/C14H25N3S/c1-4-7-15-9-12-10-16-14(18-12)17-8-5-6-13(17)11(2)3/h10-11,13,15H,4-9H2,1-3H3. The number of hydrogen-bond donors (Lipinski definition) is 1. The fourth-order valence-corrected chi connectivity index (χ4v) is 3.59. The minimum Gasteiger partial charge on any atom is -0.345 e. The van der Waals surface area contributed by atoms with E-state index in [0.29, 0.717) is 6.04 Å². The van der Waals surface area contributed by atoms with Crippen LogP contribution in [-0.2, 0) is 6.54 Å². The quantitative estimate of drug-likeness (QED) is 0.802. The zero-order valence-electron chi connectivity index (χ0n) is 11.8. The van der Waals surface area contributed by atoms with Gasteiger partial charge < -0.3 is 10.2 Å². The highest BCUT2D eigenvalue weighted by atomic mass is 32.1. The van der Waals surface area contributed by atoms with Gasteiger partial charge in [-0.15, -0.1) is 11.3 Å². The first-order valence-corrected chi connectivity index (χ1v) is 7.96. The number of anilines is 1. The lowest BCUT2D eigenvalue weighted by Crippen LogP contribution is -2.33. The smallest absolute Gasteiger partial charge is 0.185 e. The highest BCUT2D eigenvalue weighted by Crippen LogP contribution is 2.32. The van der Waals surface area contributed by atoms with Crippen LogP contribution in [0.4, 0.5) is 5.13 Å². The summed E-state index contributed by atoms with van der Waals surface area (Å²) in [7, 11) is 0. The van der Waals surface area contributed by atoms with Crippen molar-refractivity contribution >= 4 is 16.5 Å². The predicted molar refractivity (Wildman–Crippen MR) is 79.3 cm³/mol. The molecule has 3 nitrogen and oxygen atoms in total. The minimum atomic E-state index is 0.688. The monoisotopic (exact) mass is 267 g/mol. The largest absolute Gasteiger partial charge is 0.345 e. The second-order valence-electron chi connectivity index (χ2n) is 5.43. The van der Waals surface area contributed by atoms with Crippen LogP contribution in [0, 0.1) is 5.92 Å². The van der Waals surface area contributed by atoms with Crippen molar-refractivity contribution in [2.24, 2.45) is 5.92 Å². The molecule has 102 valence electrons. The van der Waals surface area contributed by atoms with Gasteiger partial charge in [0.1, 0.15) is 0 Å². The first-order chi connectivity index (χ1) is 8.72. The molecule has 2 heterocycles. The van der Waals surface area contributed by atoms with E-state index in [2.05, 4.69) is 36.0 Å². The summed E-state index contributed by atoms with van der Waals surface area (Å²) in [4.78, 5) is 8.48. The van der Waals surface area contributed by atoms with Crippen LogP contribution in [0.3, 0.4) is 0 Å². The van der Waals surface area contributed by atoms with Gasteiger partial charge in [-0.3, -0.25) is 0 Å². The average molecular weight is 267 g/mol. The van der Waals surface area contributed by atoms with E-state index in [0.717, 1.165) is 19.0 Å². The van der Waals surface area contributed by atoms with Crippen LogP contribution in [0.1, 0.15) is 44.9 Å². The van der Waals surface area contributed by atoms with E-state index in [1.54, 1.807) is 0 Å². The summed E-state index contributed by atoms with van der Waals surface area (Å²) in [6.45, 7) is 10.1. The van der Waals surface area contributed by atoms with Gasteiger partial charge >= 0.3 is 0 Å². The Kier molecular flexibility index (Phi) is 5.01. The third-order valence-corrected chi connectivity index (χ3v) is 4.62. The van der Waals surface area contributed by atoms with Gasteiger partial charge in [0.2, 0.25) is 0 Å². The Bertz CT molecular complexity index is 362. The van der Waals surface area contributed by atoms with Crippen molar-refractivity contribution in [3.8, 4) is 0 Å². The lowest BCUT2D eigenvalue weighted by molar-refractivity contribution is 0.491. The molecule has 1 aromatic heterocycles. The van der Waals surface area contributed by atoms with Crippen molar-refractivity contribution in [2.45, 2.75) is 52.6 Å². The van der Waals surface area contributed by atoms with E-state index in [1.165, 1.54) is 35.8 Å². The molecule has 1 fully saturated rings. The Morgan fingerprint density at radius 2 is 2.39 bits per heavy atom. The molecule has 1 aromatic rings. The Labute approximate surface area is 115 Å². The maximum atomic E-state index is 4.61. The number of rotatable bonds is 6. The highest BCUT2D eigenvalue weighted by Gasteiger charge is 2.28. The molecule has 18 heavy (non-hydrogen) atoms. The van der Waals surface area contributed by atoms with Crippen molar-refractivity contribution in [3.63, 3.8) is 0 Å². The first kappa shape index (κ1) is 13.8. The summed E-state index contributed by atoms with van der Waals surface area (Å²) in [5.41, 5.74) is 0. The average Bonchev–Trinajstić information content (AvgIpc) is 2.96. The van der Waals surface area contributed by atoms with Crippen LogP contribution in [0.5, 0.6) is 0 Å². The summed E-state index contributed by atoms with van der Waals surface area (Å²) in [5, 5.41) is 4.66. The molecule has 0 saturated carbocycles. The second kappa shape index (κ2) is 6.53. The maximum absolute atomic E-state index is 4.61. The molecule has 0 radical (unpaired) electrons. The third kappa shape index (κ3) is 3.23. The summed E-state index contributed by atoms with van der Waals surface area (Å²) < 4.78 is 0. The Hall–Kier alpha value is -0.610. The van der Waals surface area contributed by atoms with Crippen molar-refractivity contribution in [3.05, 3.63) is 11.1 Å². The van der Waals surface area contributed by atoms with Gasteiger partial charge in [0.05, 0.1) is 0 Å². The highest BCUT2D eigenvalue weighted by molar-refractivity contribution is 7.15. The maximum Gasteiger partial charge on any atom is 0.185 e. The normalized spacial score (nSPS) is 20.0. The van der Waals surface area contributed by atoms with Gasteiger partial charge in [0.15, 0.2) is 5.13 Å². The molecule has 1 aliphatic heterocycles. The number of nitrogens with zero attached hydrogens (tertiary/aromatic N) is 2. The van der Waals surface area contributed by atoms with E-state index in [9.17, 15) is 0 Å². The van der Waals surface area contributed by atoms with Crippen LogP contribution in [0.15, 0.2) is 6.20 Å². The molecule has 2 rings (SSSR count). The van der Waals surface area contributed by atoms with Crippen molar-refractivity contribution < 1.29 is 0 Å². The summed E-state index contributed by atoms with van der Waals surface area (Å²) in [6, 6.07) is 0.688. The lowest BCUT2D eigenvalue weighted by Gasteiger charge is -2.27. The molecule has 0 aliphatic carbocycles. The number of nitrogens with one attached hydrogen (secondary N) is 1. The Balaban J connectivity index is 1.96. The minimum absolute atomic E-state index is 0.688. The topological polar surface area (TPSA) is 28.2 Å². The number of aromatic nitrogens is 1. The van der Waals surface area contributed by atoms with Gasteiger partial charge in [-0.05, 0) is 31.7 Å². The molecule has 0 spiro atoms. The molecule has 1 saturated heterocycles. The molecule has 0 aromatic carbocycles. The van der Waals surface area contributed by atoms with Gasteiger partial charge in [0, 0.05) is 30.2 Å². The lowest BCUT2D eigenvalue weighted by atomic mass is 10.0. The van der Waals surface area contributed by atoms with Crippen LogP contribution >= 0.6 is 11.3 Å². The zero-order valence-corrected chi connectivity index (χ0v) is 12.6. The molecular formula is C14H25N3S. The van der Waals surface area contributed by atoms with E-state index < -0.39 is 0 Å². The van der Waals surface area contributed by atoms with Crippen molar-refractivity contribution in [1.82, 2.24) is 10.3 Å². The van der Waals surface area contributed by atoms with Crippen LogP contribution in [0.25, 0.3) is 0 Å². The van der Waals surface area contributed by atoms with E-state index >= 15 is 0 Å². The van der Waals surface area contributed by atoms with E-state index in [4.69, 9.17) is 0 Å².